The normalized spacial score (nSPS) is 17.7. The fraction of sp³-hybridized carbons (Fsp3) is 0.500. The van der Waals surface area contributed by atoms with Gasteiger partial charge in [0.15, 0.2) is 0 Å². The molecule has 1 aliphatic rings. The fourth-order valence-corrected chi connectivity index (χ4v) is 2.89. The van der Waals surface area contributed by atoms with Crippen LogP contribution < -0.4 is 5.32 Å². The van der Waals surface area contributed by atoms with Crippen LogP contribution in [0.15, 0.2) is 29.8 Å². The van der Waals surface area contributed by atoms with Gasteiger partial charge in [-0.25, -0.2) is 4.39 Å². The molecule has 0 saturated carbocycles. The number of benzene rings is 1. The van der Waals surface area contributed by atoms with E-state index in [1.807, 2.05) is 19.2 Å². The summed E-state index contributed by atoms with van der Waals surface area (Å²) in [5.74, 6) is -0.279. The summed E-state index contributed by atoms with van der Waals surface area (Å²) < 4.78 is 14.0. The van der Waals surface area contributed by atoms with Crippen molar-refractivity contribution in [1.82, 2.24) is 5.32 Å². The lowest BCUT2D eigenvalue weighted by atomic mass is 9.95. The molecule has 1 atom stereocenters. The lowest BCUT2D eigenvalue weighted by molar-refractivity contribution is 0.562. The van der Waals surface area contributed by atoms with Crippen molar-refractivity contribution < 1.29 is 4.39 Å². The molecule has 1 N–H and O–H groups in total. The van der Waals surface area contributed by atoms with E-state index in [1.54, 1.807) is 6.07 Å². The van der Waals surface area contributed by atoms with E-state index >= 15 is 0 Å². The molecule has 2 rings (SSSR count). The van der Waals surface area contributed by atoms with Gasteiger partial charge in [-0.3, -0.25) is 0 Å². The van der Waals surface area contributed by atoms with E-state index < -0.39 is 0 Å². The standard InChI is InChI=1S/C16H21ClFN/c1-19-15(12-7-4-2-3-5-8-12)11-13-9-6-10-14(17)16(13)18/h6-7,9-10,15,19H,2-5,8,11H2,1H3. The van der Waals surface area contributed by atoms with Crippen molar-refractivity contribution >= 4 is 11.6 Å². The van der Waals surface area contributed by atoms with E-state index in [4.69, 9.17) is 11.6 Å². The van der Waals surface area contributed by atoms with Gasteiger partial charge < -0.3 is 5.32 Å². The van der Waals surface area contributed by atoms with Crippen molar-refractivity contribution in [3.8, 4) is 0 Å². The molecule has 19 heavy (non-hydrogen) atoms. The van der Waals surface area contributed by atoms with Gasteiger partial charge in [0.1, 0.15) is 5.82 Å². The molecular formula is C16H21ClFN. The maximum absolute atomic E-state index is 14.0. The summed E-state index contributed by atoms with van der Waals surface area (Å²) >= 11 is 5.84. The third-order valence-corrected chi connectivity index (χ3v) is 4.12. The lowest BCUT2D eigenvalue weighted by Crippen LogP contribution is -2.30. The first-order chi connectivity index (χ1) is 9.22. The summed E-state index contributed by atoms with van der Waals surface area (Å²) in [5.41, 5.74) is 2.11. The second-order valence-electron chi connectivity index (χ2n) is 5.14. The molecule has 0 saturated heterocycles. The highest BCUT2D eigenvalue weighted by molar-refractivity contribution is 6.30. The van der Waals surface area contributed by atoms with Crippen LogP contribution in [-0.2, 0) is 6.42 Å². The van der Waals surface area contributed by atoms with Gasteiger partial charge in [0.2, 0.25) is 0 Å². The van der Waals surface area contributed by atoms with Gasteiger partial charge in [0, 0.05) is 6.04 Å². The van der Waals surface area contributed by atoms with Gasteiger partial charge in [0.25, 0.3) is 0 Å². The van der Waals surface area contributed by atoms with E-state index in [-0.39, 0.29) is 16.9 Å². The molecule has 1 aromatic rings. The van der Waals surface area contributed by atoms with Crippen LogP contribution in [0.1, 0.15) is 37.7 Å². The zero-order valence-electron chi connectivity index (χ0n) is 11.4. The SMILES string of the molecule is CNC(Cc1cccc(Cl)c1F)C1=CCCCCC1. The quantitative estimate of drug-likeness (QED) is 0.801. The molecule has 0 aliphatic heterocycles. The van der Waals surface area contributed by atoms with Gasteiger partial charge in [-0.05, 0) is 50.8 Å². The molecule has 0 spiro atoms. The summed E-state index contributed by atoms with van der Waals surface area (Å²) in [7, 11) is 1.94. The Bertz CT molecular complexity index is 456. The second kappa shape index (κ2) is 7.06. The molecule has 1 nitrogen and oxygen atoms in total. The van der Waals surface area contributed by atoms with Gasteiger partial charge >= 0.3 is 0 Å². The van der Waals surface area contributed by atoms with Gasteiger partial charge in [-0.2, -0.15) is 0 Å². The largest absolute Gasteiger partial charge is 0.313 e. The molecular weight excluding hydrogens is 261 g/mol. The maximum Gasteiger partial charge on any atom is 0.145 e. The summed E-state index contributed by atoms with van der Waals surface area (Å²) in [5, 5.41) is 3.53. The highest BCUT2D eigenvalue weighted by Crippen LogP contribution is 2.24. The number of nitrogens with one attached hydrogen (secondary N) is 1. The lowest BCUT2D eigenvalue weighted by Gasteiger charge is -2.20. The first-order valence-electron chi connectivity index (χ1n) is 7.01. The minimum absolute atomic E-state index is 0.210. The summed E-state index contributed by atoms with van der Waals surface area (Å²) in [6, 6.07) is 5.45. The van der Waals surface area contributed by atoms with Gasteiger partial charge in [-0.1, -0.05) is 41.8 Å². The average Bonchev–Trinajstić information content (AvgIpc) is 2.69. The first-order valence-corrected chi connectivity index (χ1v) is 7.39. The van der Waals surface area contributed by atoms with Crippen molar-refractivity contribution in [3.63, 3.8) is 0 Å². The van der Waals surface area contributed by atoms with Crippen LogP contribution in [0.4, 0.5) is 4.39 Å². The Kier molecular flexibility index (Phi) is 5.41. The summed E-state index contributed by atoms with van der Waals surface area (Å²) in [6.45, 7) is 0. The zero-order chi connectivity index (χ0) is 13.7. The van der Waals surface area contributed by atoms with E-state index in [2.05, 4.69) is 11.4 Å². The molecule has 0 heterocycles. The fourth-order valence-electron chi connectivity index (χ4n) is 2.70. The van der Waals surface area contributed by atoms with E-state index in [9.17, 15) is 4.39 Å². The van der Waals surface area contributed by atoms with Crippen LogP contribution in [0.5, 0.6) is 0 Å². The van der Waals surface area contributed by atoms with Crippen LogP contribution in [0.3, 0.4) is 0 Å². The molecule has 1 aromatic carbocycles. The number of hydrogen-bond acceptors (Lipinski definition) is 1. The van der Waals surface area contributed by atoms with Gasteiger partial charge in [-0.15, -0.1) is 0 Å². The molecule has 1 aliphatic carbocycles. The smallest absolute Gasteiger partial charge is 0.145 e. The van der Waals surface area contributed by atoms with Crippen LogP contribution in [0.2, 0.25) is 5.02 Å². The molecule has 3 heteroatoms. The Morgan fingerprint density at radius 2 is 2.16 bits per heavy atom. The molecule has 0 radical (unpaired) electrons. The Balaban J connectivity index is 2.14. The van der Waals surface area contributed by atoms with Crippen molar-refractivity contribution in [2.45, 2.75) is 44.6 Å². The third-order valence-electron chi connectivity index (χ3n) is 3.83. The minimum atomic E-state index is -0.279. The maximum atomic E-state index is 14.0. The third kappa shape index (κ3) is 3.80. The Morgan fingerprint density at radius 3 is 2.95 bits per heavy atom. The highest BCUT2D eigenvalue weighted by atomic mass is 35.5. The summed E-state index contributed by atoms with van der Waals surface area (Å²) in [4.78, 5) is 0. The number of allylic oxidation sites excluding steroid dienone is 1. The first kappa shape index (κ1) is 14.5. The average molecular weight is 282 g/mol. The predicted molar refractivity (Wildman–Crippen MR) is 79.1 cm³/mol. The van der Waals surface area contributed by atoms with E-state index in [0.29, 0.717) is 12.0 Å². The van der Waals surface area contributed by atoms with E-state index in [0.717, 1.165) is 12.8 Å². The number of halogens is 2. The minimum Gasteiger partial charge on any atom is -0.313 e. The van der Waals surface area contributed by atoms with Crippen molar-refractivity contribution in [2.24, 2.45) is 0 Å². The van der Waals surface area contributed by atoms with Crippen LogP contribution in [0.25, 0.3) is 0 Å². The zero-order valence-corrected chi connectivity index (χ0v) is 12.1. The van der Waals surface area contributed by atoms with Crippen LogP contribution >= 0.6 is 11.6 Å². The topological polar surface area (TPSA) is 12.0 Å². The molecule has 0 aromatic heterocycles. The van der Waals surface area contributed by atoms with Crippen molar-refractivity contribution in [1.29, 1.82) is 0 Å². The molecule has 0 fully saturated rings. The Labute approximate surface area is 119 Å². The molecule has 104 valence electrons. The molecule has 0 amide bonds. The number of likely N-dealkylation sites (N-methyl/N-ethyl adjacent to an activating group) is 1. The molecule has 0 bridgehead atoms. The Morgan fingerprint density at radius 1 is 1.32 bits per heavy atom. The summed E-state index contributed by atoms with van der Waals surface area (Å²) in [6.07, 6.45) is 9.06. The molecule has 1 unspecified atom stereocenters. The van der Waals surface area contributed by atoms with E-state index in [1.165, 1.54) is 24.8 Å². The van der Waals surface area contributed by atoms with Crippen LogP contribution in [-0.4, -0.2) is 13.1 Å². The number of hydrogen-bond donors (Lipinski definition) is 1. The monoisotopic (exact) mass is 281 g/mol. The predicted octanol–water partition coefficient (Wildman–Crippen LogP) is 4.50. The van der Waals surface area contributed by atoms with Crippen LogP contribution in [0, 0.1) is 5.82 Å². The van der Waals surface area contributed by atoms with Gasteiger partial charge in [0.05, 0.1) is 5.02 Å². The van der Waals surface area contributed by atoms with Crippen molar-refractivity contribution in [3.05, 3.63) is 46.3 Å². The number of rotatable bonds is 4. The second-order valence-corrected chi connectivity index (χ2v) is 5.54. The van der Waals surface area contributed by atoms with Crippen molar-refractivity contribution in [2.75, 3.05) is 7.05 Å². The highest BCUT2D eigenvalue weighted by Gasteiger charge is 2.17. The Hall–Kier alpha value is -0.860.